The third-order valence-corrected chi connectivity index (χ3v) is 4.70. The van der Waals surface area contributed by atoms with Crippen LogP contribution in [0.15, 0.2) is 25.3 Å². The molecule has 1 radical (unpaired) electrons. The first-order valence-electron chi connectivity index (χ1n) is 2.97. The molecule has 1 nitrogen and oxygen atoms in total. The molecule has 9 heavy (non-hydrogen) atoms. The van der Waals surface area contributed by atoms with Gasteiger partial charge in [0, 0.05) is 0 Å². The maximum Gasteiger partial charge on any atom is 0.170 e. The summed E-state index contributed by atoms with van der Waals surface area (Å²) in [7, 11) is 0.651. The molecule has 0 aliphatic carbocycles. The van der Waals surface area contributed by atoms with Gasteiger partial charge in [0.1, 0.15) is 0 Å². The molecule has 0 rings (SSSR count). The molecular formula is C6H13OSi2. The fourth-order valence-electron chi connectivity index (χ4n) is 0.604. The topological polar surface area (TPSA) is 9.23 Å². The van der Waals surface area contributed by atoms with E-state index in [2.05, 4.69) is 13.2 Å². The monoisotopic (exact) mass is 157 g/mol. The van der Waals surface area contributed by atoms with Gasteiger partial charge in [-0.2, -0.15) is 0 Å². The van der Waals surface area contributed by atoms with Crippen LogP contribution in [0.1, 0.15) is 0 Å². The quantitative estimate of drug-likeness (QED) is 0.420. The van der Waals surface area contributed by atoms with Gasteiger partial charge in [-0.05, 0) is 12.1 Å². The van der Waals surface area contributed by atoms with Crippen molar-refractivity contribution >= 4 is 19.5 Å². The Morgan fingerprint density at radius 2 is 1.78 bits per heavy atom. The summed E-state index contributed by atoms with van der Waals surface area (Å²) in [6.45, 7) is 7.31. The Morgan fingerprint density at radius 1 is 1.33 bits per heavy atom. The van der Waals surface area contributed by atoms with Gasteiger partial charge in [0.2, 0.25) is 0 Å². The molecule has 0 heterocycles. The number of hydrogen-bond donors (Lipinski definition) is 0. The second-order valence-corrected chi connectivity index (χ2v) is 5.36. The van der Waals surface area contributed by atoms with Crippen LogP contribution in [0.3, 0.4) is 0 Å². The Bertz CT molecular complexity index is 83.1. The van der Waals surface area contributed by atoms with Crippen LogP contribution in [0.2, 0.25) is 12.1 Å². The van der Waals surface area contributed by atoms with E-state index in [0.717, 1.165) is 12.1 Å². The summed E-state index contributed by atoms with van der Waals surface area (Å²) in [5.74, 6) is 0. The van der Waals surface area contributed by atoms with Gasteiger partial charge in [0.05, 0.1) is 0 Å². The summed E-state index contributed by atoms with van der Waals surface area (Å²) in [5.41, 5.74) is 0. The van der Waals surface area contributed by atoms with E-state index in [-0.39, 0.29) is 0 Å². The van der Waals surface area contributed by atoms with Gasteiger partial charge in [-0.1, -0.05) is 12.2 Å². The average molecular weight is 157 g/mol. The van der Waals surface area contributed by atoms with Gasteiger partial charge in [-0.3, -0.25) is 0 Å². The van der Waals surface area contributed by atoms with Crippen LogP contribution in [-0.4, -0.2) is 19.5 Å². The number of allylic oxidation sites excluding steroid dienone is 2. The Morgan fingerprint density at radius 3 is 2.00 bits per heavy atom. The number of hydrogen-bond acceptors (Lipinski definition) is 1. The van der Waals surface area contributed by atoms with Gasteiger partial charge < -0.3 is 4.12 Å². The first-order chi connectivity index (χ1) is 4.35. The van der Waals surface area contributed by atoms with E-state index < -0.39 is 9.04 Å². The van der Waals surface area contributed by atoms with Crippen LogP contribution >= 0.6 is 0 Å². The molecule has 0 bridgehead atoms. The molecule has 0 fully saturated rings. The van der Waals surface area contributed by atoms with Crippen LogP contribution < -0.4 is 0 Å². The van der Waals surface area contributed by atoms with Crippen LogP contribution in [0.25, 0.3) is 0 Å². The third kappa shape index (κ3) is 4.38. The van der Waals surface area contributed by atoms with Gasteiger partial charge in [-0.15, -0.1) is 13.2 Å². The predicted octanol–water partition coefficient (Wildman–Crippen LogP) is 0.647. The third-order valence-electron chi connectivity index (χ3n) is 1.09. The molecule has 0 unspecified atom stereocenters. The van der Waals surface area contributed by atoms with Crippen molar-refractivity contribution in [2.75, 3.05) is 0 Å². The highest BCUT2D eigenvalue weighted by Crippen LogP contribution is 1.99. The van der Waals surface area contributed by atoms with Crippen molar-refractivity contribution in [2.24, 2.45) is 0 Å². The fourth-order valence-corrected chi connectivity index (χ4v) is 2.63. The van der Waals surface area contributed by atoms with Gasteiger partial charge in [-0.25, -0.2) is 0 Å². The van der Waals surface area contributed by atoms with E-state index in [0.29, 0.717) is 0 Å². The molecule has 3 heteroatoms. The summed E-state index contributed by atoms with van der Waals surface area (Å²) in [5, 5.41) is 0. The minimum Gasteiger partial charge on any atom is -0.462 e. The lowest BCUT2D eigenvalue weighted by atomic mass is 10.7. The minimum absolute atomic E-state index is 0.937. The lowest BCUT2D eigenvalue weighted by molar-refractivity contribution is 0.636. The van der Waals surface area contributed by atoms with Crippen LogP contribution in [-0.2, 0) is 4.12 Å². The van der Waals surface area contributed by atoms with Crippen molar-refractivity contribution in [1.29, 1.82) is 0 Å². The zero-order valence-corrected chi connectivity index (χ0v) is 8.24. The van der Waals surface area contributed by atoms with Crippen molar-refractivity contribution in [3.63, 3.8) is 0 Å². The lowest BCUT2D eigenvalue weighted by Gasteiger charge is -2.06. The summed E-state index contributed by atoms with van der Waals surface area (Å²) in [4.78, 5) is 0. The van der Waals surface area contributed by atoms with Crippen LogP contribution in [0.4, 0.5) is 0 Å². The Balaban J connectivity index is 3.39. The maximum absolute atomic E-state index is 5.26. The van der Waals surface area contributed by atoms with Crippen molar-refractivity contribution < 1.29 is 4.12 Å². The van der Waals surface area contributed by atoms with Crippen molar-refractivity contribution in [3.05, 3.63) is 25.3 Å². The van der Waals surface area contributed by atoms with E-state index >= 15 is 0 Å². The molecule has 0 aromatic rings. The lowest BCUT2D eigenvalue weighted by Crippen LogP contribution is -2.13. The summed E-state index contributed by atoms with van der Waals surface area (Å²) >= 11 is 0. The summed E-state index contributed by atoms with van der Waals surface area (Å²) in [6, 6.07) is 2.10. The molecule has 0 aromatic carbocycles. The molecular weight excluding hydrogens is 144 g/mol. The minimum atomic E-state index is -0.937. The second kappa shape index (κ2) is 6.00. The van der Waals surface area contributed by atoms with Gasteiger partial charge >= 0.3 is 0 Å². The van der Waals surface area contributed by atoms with E-state index in [4.69, 9.17) is 4.12 Å². The molecule has 51 valence electrons. The standard InChI is InChI=1S/C6H13OSi2/c1-3-5-9(7-8)6-4-2/h3-4,9H,1-2,5-6,8H2. The molecule has 0 spiro atoms. The number of rotatable bonds is 5. The maximum atomic E-state index is 5.26. The van der Waals surface area contributed by atoms with Crippen LogP contribution in [0.5, 0.6) is 0 Å². The summed E-state index contributed by atoms with van der Waals surface area (Å²) in [6.07, 6.45) is 3.85. The Labute approximate surface area is 61.7 Å². The van der Waals surface area contributed by atoms with E-state index in [1.807, 2.05) is 12.2 Å². The zero-order valence-electron chi connectivity index (χ0n) is 5.68. The first-order valence-corrected chi connectivity index (χ1v) is 5.66. The van der Waals surface area contributed by atoms with Gasteiger partial charge in [0.15, 0.2) is 19.5 Å². The van der Waals surface area contributed by atoms with Crippen molar-refractivity contribution in [2.45, 2.75) is 12.1 Å². The SMILES string of the molecule is C=CC[SiH](CC=C)O[SiH2]. The van der Waals surface area contributed by atoms with Crippen molar-refractivity contribution in [1.82, 2.24) is 0 Å². The smallest absolute Gasteiger partial charge is 0.170 e. The molecule has 0 saturated carbocycles. The largest absolute Gasteiger partial charge is 0.462 e. The first kappa shape index (κ1) is 8.87. The molecule has 0 N–H and O–H groups in total. The molecule has 0 atom stereocenters. The molecule has 0 aliphatic heterocycles. The van der Waals surface area contributed by atoms with E-state index in [1.165, 1.54) is 0 Å². The van der Waals surface area contributed by atoms with Crippen molar-refractivity contribution in [3.8, 4) is 0 Å². The zero-order chi connectivity index (χ0) is 7.11. The van der Waals surface area contributed by atoms with E-state index in [9.17, 15) is 0 Å². The summed E-state index contributed by atoms with van der Waals surface area (Å²) < 4.78 is 5.26. The molecule has 0 saturated heterocycles. The fraction of sp³-hybridized carbons (Fsp3) is 0.333. The van der Waals surface area contributed by atoms with Crippen LogP contribution in [0, 0.1) is 0 Å². The van der Waals surface area contributed by atoms with E-state index in [1.54, 1.807) is 10.5 Å². The highest BCUT2D eigenvalue weighted by Gasteiger charge is 2.02. The van der Waals surface area contributed by atoms with Gasteiger partial charge in [0.25, 0.3) is 0 Å². The normalized spacial score (nSPS) is 9.56. The Kier molecular flexibility index (Phi) is 5.92. The molecule has 0 aliphatic rings. The highest BCUT2D eigenvalue weighted by atomic mass is 28.3. The molecule has 0 amide bonds. The Hall–Kier alpha value is -0.126. The average Bonchev–Trinajstić information content (AvgIpc) is 1.88. The predicted molar refractivity (Wildman–Crippen MR) is 46.8 cm³/mol. The second-order valence-electron chi connectivity index (χ2n) is 1.84. The molecule has 0 aromatic heterocycles. The highest BCUT2D eigenvalue weighted by molar-refractivity contribution is 6.56.